The van der Waals surface area contributed by atoms with Crippen molar-refractivity contribution in [3.63, 3.8) is 0 Å². The number of hydrogen-bond acceptors (Lipinski definition) is 4. The number of carbonyl (C=O) groups is 1. The molecule has 1 aliphatic rings. The van der Waals surface area contributed by atoms with Gasteiger partial charge in [-0.25, -0.2) is 0 Å². The third-order valence-electron chi connectivity index (χ3n) is 5.00. The average Bonchev–Trinajstić information content (AvgIpc) is 2.74. The van der Waals surface area contributed by atoms with Crippen molar-refractivity contribution in [2.24, 2.45) is 0 Å². The van der Waals surface area contributed by atoms with Gasteiger partial charge in [0, 0.05) is 30.0 Å². The number of nitrogens with one attached hydrogen (secondary N) is 1. The summed E-state index contributed by atoms with van der Waals surface area (Å²) in [6.45, 7) is 4.02. The number of carbonyl (C=O) groups excluding carboxylic acids is 1. The second-order valence-corrected chi connectivity index (χ2v) is 6.99. The first kappa shape index (κ1) is 19.8. The van der Waals surface area contributed by atoms with Gasteiger partial charge in [0.05, 0.1) is 14.2 Å². The highest BCUT2D eigenvalue weighted by Gasteiger charge is 2.11. The van der Waals surface area contributed by atoms with Crippen molar-refractivity contribution >= 4 is 23.4 Å². The summed E-state index contributed by atoms with van der Waals surface area (Å²) in [6, 6.07) is 13.7. The topological polar surface area (TPSA) is 50.8 Å². The second-order valence-electron chi connectivity index (χ2n) is 6.99. The standard InChI is InChI=1S/C23H28N2O3/c1-17(15-18-7-12-21(27-2)22(16-18)28-3)23(26)24-19-8-10-20(11-9-19)25-13-5-4-6-14-25/h7-12,15-16H,4-6,13-14H2,1-3H3,(H,24,26)/b17-15+. The van der Waals surface area contributed by atoms with Gasteiger partial charge in [-0.2, -0.15) is 0 Å². The molecule has 1 fully saturated rings. The van der Waals surface area contributed by atoms with Crippen LogP contribution in [0.5, 0.6) is 11.5 Å². The summed E-state index contributed by atoms with van der Waals surface area (Å²) in [5.74, 6) is 1.17. The maximum atomic E-state index is 12.5. The molecule has 2 aromatic rings. The molecule has 1 N–H and O–H groups in total. The zero-order valence-corrected chi connectivity index (χ0v) is 16.8. The van der Waals surface area contributed by atoms with Gasteiger partial charge in [0.2, 0.25) is 0 Å². The summed E-state index contributed by atoms with van der Waals surface area (Å²) in [4.78, 5) is 14.9. The van der Waals surface area contributed by atoms with Crippen molar-refractivity contribution in [2.75, 3.05) is 37.5 Å². The van der Waals surface area contributed by atoms with E-state index >= 15 is 0 Å². The fourth-order valence-electron chi connectivity index (χ4n) is 3.40. The van der Waals surface area contributed by atoms with Crippen molar-refractivity contribution in [3.8, 4) is 11.5 Å². The van der Waals surface area contributed by atoms with Gasteiger partial charge < -0.3 is 19.7 Å². The molecule has 0 spiro atoms. The van der Waals surface area contributed by atoms with Gasteiger partial charge in [0.1, 0.15) is 0 Å². The van der Waals surface area contributed by atoms with E-state index in [1.54, 1.807) is 21.1 Å². The highest BCUT2D eigenvalue weighted by molar-refractivity contribution is 6.06. The number of rotatable bonds is 6. The fraction of sp³-hybridized carbons (Fsp3) is 0.348. The van der Waals surface area contributed by atoms with Crippen LogP contribution < -0.4 is 19.7 Å². The molecule has 1 aliphatic heterocycles. The van der Waals surface area contributed by atoms with Gasteiger partial charge in [-0.1, -0.05) is 6.07 Å². The van der Waals surface area contributed by atoms with Crippen molar-refractivity contribution in [2.45, 2.75) is 26.2 Å². The van der Waals surface area contributed by atoms with Crippen LogP contribution in [0.1, 0.15) is 31.7 Å². The van der Waals surface area contributed by atoms with Crippen LogP contribution in [0.25, 0.3) is 6.08 Å². The lowest BCUT2D eigenvalue weighted by atomic mass is 10.1. The molecule has 0 bridgehead atoms. The van der Waals surface area contributed by atoms with Crippen molar-refractivity contribution in [3.05, 3.63) is 53.6 Å². The second kappa shape index (κ2) is 9.31. The van der Waals surface area contributed by atoms with E-state index in [9.17, 15) is 4.79 Å². The van der Waals surface area contributed by atoms with E-state index in [0.29, 0.717) is 17.1 Å². The lowest BCUT2D eigenvalue weighted by Crippen LogP contribution is -2.29. The largest absolute Gasteiger partial charge is 0.493 e. The molecule has 0 unspecified atom stereocenters. The number of ether oxygens (including phenoxy) is 2. The van der Waals surface area contributed by atoms with E-state index in [4.69, 9.17) is 9.47 Å². The molecular formula is C23H28N2O3. The van der Waals surface area contributed by atoms with Gasteiger partial charge in [-0.15, -0.1) is 0 Å². The van der Waals surface area contributed by atoms with Crippen LogP contribution in [-0.4, -0.2) is 33.2 Å². The fourth-order valence-corrected chi connectivity index (χ4v) is 3.40. The van der Waals surface area contributed by atoms with Crippen LogP contribution in [0.3, 0.4) is 0 Å². The van der Waals surface area contributed by atoms with Crippen molar-refractivity contribution in [1.82, 2.24) is 0 Å². The smallest absolute Gasteiger partial charge is 0.251 e. The van der Waals surface area contributed by atoms with Gasteiger partial charge in [-0.3, -0.25) is 4.79 Å². The van der Waals surface area contributed by atoms with Gasteiger partial charge >= 0.3 is 0 Å². The van der Waals surface area contributed by atoms with E-state index < -0.39 is 0 Å². The molecule has 28 heavy (non-hydrogen) atoms. The molecule has 3 rings (SSSR count). The van der Waals surface area contributed by atoms with Gasteiger partial charge in [0.15, 0.2) is 11.5 Å². The number of hydrogen-bond donors (Lipinski definition) is 1. The lowest BCUT2D eigenvalue weighted by molar-refractivity contribution is -0.112. The molecule has 5 nitrogen and oxygen atoms in total. The lowest BCUT2D eigenvalue weighted by Gasteiger charge is -2.28. The predicted octanol–water partition coefficient (Wildman–Crippen LogP) is 4.74. The highest BCUT2D eigenvalue weighted by Crippen LogP contribution is 2.28. The number of anilines is 2. The number of amides is 1. The molecule has 0 saturated carbocycles. The predicted molar refractivity (Wildman–Crippen MR) is 114 cm³/mol. The van der Waals surface area contributed by atoms with Crippen LogP contribution in [0.2, 0.25) is 0 Å². The Morgan fingerprint density at radius 3 is 2.29 bits per heavy atom. The quantitative estimate of drug-likeness (QED) is 0.736. The number of nitrogens with zero attached hydrogens (tertiary/aromatic N) is 1. The Morgan fingerprint density at radius 1 is 0.964 bits per heavy atom. The van der Waals surface area contributed by atoms with Crippen molar-refractivity contribution in [1.29, 1.82) is 0 Å². The monoisotopic (exact) mass is 380 g/mol. The molecular weight excluding hydrogens is 352 g/mol. The Labute approximate surface area is 167 Å². The number of methoxy groups -OCH3 is 2. The van der Waals surface area contributed by atoms with Gasteiger partial charge in [-0.05, 0) is 74.2 Å². The Kier molecular flexibility index (Phi) is 6.58. The van der Waals surface area contributed by atoms with Crippen LogP contribution in [-0.2, 0) is 4.79 Å². The molecule has 5 heteroatoms. The summed E-state index contributed by atoms with van der Waals surface area (Å²) in [6.07, 6.45) is 5.65. The summed E-state index contributed by atoms with van der Waals surface area (Å²) < 4.78 is 10.6. The SMILES string of the molecule is COc1ccc(/C=C(\C)C(=O)Nc2ccc(N3CCCCC3)cc2)cc1OC. The maximum Gasteiger partial charge on any atom is 0.251 e. The van der Waals surface area contributed by atoms with Crippen LogP contribution in [0.4, 0.5) is 11.4 Å². The van der Waals surface area contributed by atoms with E-state index in [-0.39, 0.29) is 5.91 Å². The summed E-state index contributed by atoms with van der Waals surface area (Å²) >= 11 is 0. The van der Waals surface area contributed by atoms with Crippen molar-refractivity contribution < 1.29 is 14.3 Å². The average molecular weight is 380 g/mol. The number of benzene rings is 2. The molecule has 2 aromatic carbocycles. The minimum atomic E-state index is -0.125. The molecule has 148 valence electrons. The molecule has 0 atom stereocenters. The first-order chi connectivity index (χ1) is 13.6. The van der Waals surface area contributed by atoms with Gasteiger partial charge in [0.25, 0.3) is 5.91 Å². The van der Waals surface area contributed by atoms with E-state index in [2.05, 4.69) is 22.3 Å². The molecule has 1 amide bonds. The Bertz CT molecular complexity index is 837. The minimum Gasteiger partial charge on any atom is -0.493 e. The van der Waals surface area contributed by atoms with E-state index in [1.165, 1.54) is 24.9 Å². The first-order valence-electron chi connectivity index (χ1n) is 9.67. The summed E-state index contributed by atoms with van der Waals surface area (Å²) in [5, 5.41) is 2.96. The zero-order chi connectivity index (χ0) is 19.9. The third kappa shape index (κ3) is 4.85. The minimum absolute atomic E-state index is 0.125. The van der Waals surface area contributed by atoms with E-state index in [1.807, 2.05) is 36.4 Å². The third-order valence-corrected chi connectivity index (χ3v) is 5.00. The summed E-state index contributed by atoms with van der Waals surface area (Å²) in [7, 11) is 3.20. The zero-order valence-electron chi connectivity index (χ0n) is 16.8. The maximum absolute atomic E-state index is 12.5. The molecule has 0 radical (unpaired) electrons. The van der Waals surface area contributed by atoms with E-state index in [0.717, 1.165) is 24.3 Å². The normalized spacial score (nSPS) is 14.5. The first-order valence-corrected chi connectivity index (χ1v) is 9.67. The Morgan fingerprint density at radius 2 is 1.64 bits per heavy atom. The molecule has 0 aliphatic carbocycles. The molecule has 0 aromatic heterocycles. The molecule has 1 saturated heterocycles. The highest BCUT2D eigenvalue weighted by atomic mass is 16.5. The van der Waals surface area contributed by atoms with Crippen LogP contribution in [0, 0.1) is 0 Å². The molecule has 1 heterocycles. The van der Waals surface area contributed by atoms with Crippen LogP contribution in [0.15, 0.2) is 48.0 Å². The van der Waals surface area contributed by atoms with Crippen LogP contribution >= 0.6 is 0 Å². The number of piperidine rings is 1. The summed E-state index contributed by atoms with van der Waals surface area (Å²) in [5.41, 5.74) is 3.51. The Balaban J connectivity index is 1.65. The Hall–Kier alpha value is -2.95.